The van der Waals surface area contributed by atoms with Crippen LogP contribution in [0.25, 0.3) is 11.6 Å². The maximum absolute atomic E-state index is 11.8. The van der Waals surface area contributed by atoms with Gasteiger partial charge >= 0.3 is 11.9 Å². The summed E-state index contributed by atoms with van der Waals surface area (Å²) in [7, 11) is 4.33. The molecule has 1 heterocycles. The zero-order valence-electron chi connectivity index (χ0n) is 11.5. The van der Waals surface area contributed by atoms with Gasteiger partial charge in [-0.25, -0.2) is 9.59 Å². The molecule has 0 aromatic carbocycles. The number of methoxy groups -OCH3 is 2. The molecule has 0 saturated heterocycles. The SMILES string of the molecule is C/C=C/c1ccc(/C(=C\C(=O)OC)C(=O)OC)n1C. The molecule has 1 rings (SSSR count). The number of carbonyl (C=O) groups excluding carboxylic acids is 2. The number of ether oxygens (including phenoxy) is 2. The van der Waals surface area contributed by atoms with Crippen LogP contribution in [-0.2, 0) is 26.1 Å². The van der Waals surface area contributed by atoms with Crippen molar-refractivity contribution < 1.29 is 19.1 Å². The molecule has 1 aromatic heterocycles. The minimum atomic E-state index is -0.603. The molecule has 0 aliphatic rings. The molecule has 102 valence electrons. The Hall–Kier alpha value is -2.30. The van der Waals surface area contributed by atoms with Crippen molar-refractivity contribution in [3.8, 4) is 0 Å². The second kappa shape index (κ2) is 6.58. The van der Waals surface area contributed by atoms with E-state index in [-0.39, 0.29) is 5.57 Å². The smallest absolute Gasteiger partial charge is 0.340 e. The molecule has 1 aromatic rings. The minimum absolute atomic E-state index is 0.160. The molecule has 0 spiro atoms. The number of hydrogen-bond donors (Lipinski definition) is 0. The third kappa shape index (κ3) is 3.34. The fourth-order valence-electron chi connectivity index (χ4n) is 1.66. The largest absolute Gasteiger partial charge is 0.466 e. The van der Waals surface area contributed by atoms with Crippen molar-refractivity contribution in [2.45, 2.75) is 6.92 Å². The third-order valence-corrected chi connectivity index (χ3v) is 2.64. The predicted octanol–water partition coefficient (Wildman–Crippen LogP) is 1.79. The average molecular weight is 263 g/mol. The van der Waals surface area contributed by atoms with E-state index in [1.807, 2.05) is 25.1 Å². The van der Waals surface area contributed by atoms with E-state index >= 15 is 0 Å². The Bertz CT molecular complexity index is 538. The molecule has 5 heteroatoms. The summed E-state index contributed by atoms with van der Waals surface area (Å²) in [6.45, 7) is 1.90. The van der Waals surface area contributed by atoms with E-state index in [1.165, 1.54) is 14.2 Å². The highest BCUT2D eigenvalue weighted by Crippen LogP contribution is 2.19. The van der Waals surface area contributed by atoms with Crippen molar-refractivity contribution in [1.29, 1.82) is 0 Å². The first-order chi connectivity index (χ1) is 9.04. The van der Waals surface area contributed by atoms with Crippen LogP contribution in [-0.4, -0.2) is 30.7 Å². The minimum Gasteiger partial charge on any atom is -0.466 e. The number of hydrogen-bond acceptors (Lipinski definition) is 4. The fraction of sp³-hybridized carbons (Fsp3) is 0.286. The van der Waals surface area contributed by atoms with Crippen molar-refractivity contribution in [3.63, 3.8) is 0 Å². The summed E-state index contributed by atoms with van der Waals surface area (Å²) in [5, 5.41) is 0. The van der Waals surface area contributed by atoms with Crippen LogP contribution in [0.5, 0.6) is 0 Å². The number of allylic oxidation sites excluding steroid dienone is 1. The third-order valence-electron chi connectivity index (χ3n) is 2.64. The molecule has 0 aliphatic carbocycles. The van der Waals surface area contributed by atoms with Gasteiger partial charge in [0.1, 0.15) is 0 Å². The van der Waals surface area contributed by atoms with Gasteiger partial charge in [0.05, 0.1) is 25.5 Å². The summed E-state index contributed by atoms with van der Waals surface area (Å²) in [5.41, 5.74) is 1.66. The van der Waals surface area contributed by atoms with Crippen LogP contribution in [0.2, 0.25) is 0 Å². The zero-order chi connectivity index (χ0) is 14.4. The lowest BCUT2D eigenvalue weighted by molar-refractivity contribution is -0.136. The second-order valence-corrected chi connectivity index (χ2v) is 3.78. The summed E-state index contributed by atoms with van der Waals surface area (Å²) in [5.74, 6) is -1.19. The lowest BCUT2D eigenvalue weighted by atomic mass is 10.2. The molecule has 0 fully saturated rings. The van der Waals surface area contributed by atoms with Gasteiger partial charge in [0.2, 0.25) is 0 Å². The van der Waals surface area contributed by atoms with Crippen LogP contribution in [0.1, 0.15) is 18.3 Å². The molecule has 0 atom stereocenters. The number of nitrogens with zero attached hydrogens (tertiary/aromatic N) is 1. The summed E-state index contributed by atoms with van der Waals surface area (Å²) >= 11 is 0. The van der Waals surface area contributed by atoms with Gasteiger partial charge < -0.3 is 14.0 Å². The quantitative estimate of drug-likeness (QED) is 0.614. The molecule has 0 unspecified atom stereocenters. The highest BCUT2D eigenvalue weighted by molar-refractivity contribution is 6.20. The highest BCUT2D eigenvalue weighted by Gasteiger charge is 2.18. The first kappa shape index (κ1) is 14.8. The number of esters is 2. The van der Waals surface area contributed by atoms with Gasteiger partial charge in [-0.05, 0) is 25.1 Å². The topological polar surface area (TPSA) is 57.5 Å². The highest BCUT2D eigenvalue weighted by atomic mass is 16.5. The maximum atomic E-state index is 11.8. The molecule has 19 heavy (non-hydrogen) atoms. The Kier molecular flexibility index (Phi) is 5.11. The van der Waals surface area contributed by atoms with E-state index in [4.69, 9.17) is 4.74 Å². The molecule has 0 aliphatic heterocycles. The Balaban J connectivity index is 3.30. The van der Waals surface area contributed by atoms with Crippen LogP contribution in [0.3, 0.4) is 0 Å². The summed E-state index contributed by atoms with van der Waals surface area (Å²) in [6, 6.07) is 3.60. The summed E-state index contributed by atoms with van der Waals surface area (Å²) < 4.78 is 11.0. The van der Waals surface area contributed by atoms with Crippen LogP contribution >= 0.6 is 0 Å². The molecular formula is C14H17NO4. The normalized spacial score (nSPS) is 11.7. The van der Waals surface area contributed by atoms with E-state index in [2.05, 4.69) is 4.74 Å². The molecule has 0 N–H and O–H groups in total. The Morgan fingerprint density at radius 2 is 1.89 bits per heavy atom. The van der Waals surface area contributed by atoms with Gasteiger partial charge in [-0.15, -0.1) is 0 Å². The van der Waals surface area contributed by atoms with Crippen molar-refractivity contribution >= 4 is 23.6 Å². The average Bonchev–Trinajstić information content (AvgIpc) is 2.77. The van der Waals surface area contributed by atoms with Gasteiger partial charge in [-0.2, -0.15) is 0 Å². The van der Waals surface area contributed by atoms with Crippen LogP contribution < -0.4 is 0 Å². The molecule has 5 nitrogen and oxygen atoms in total. The van der Waals surface area contributed by atoms with Gasteiger partial charge in [0, 0.05) is 18.8 Å². The molecule has 0 amide bonds. The monoisotopic (exact) mass is 263 g/mol. The Labute approximate surface area is 112 Å². The summed E-state index contributed by atoms with van der Waals surface area (Å²) in [4.78, 5) is 23.1. The Morgan fingerprint density at radius 3 is 2.42 bits per heavy atom. The van der Waals surface area contributed by atoms with E-state index in [0.29, 0.717) is 5.69 Å². The molecule has 0 saturated carbocycles. The maximum Gasteiger partial charge on any atom is 0.340 e. The van der Waals surface area contributed by atoms with Crippen LogP contribution in [0.4, 0.5) is 0 Å². The first-order valence-electron chi connectivity index (χ1n) is 5.71. The lowest BCUT2D eigenvalue weighted by Crippen LogP contribution is -2.10. The van der Waals surface area contributed by atoms with Crippen molar-refractivity contribution in [3.05, 3.63) is 35.7 Å². The van der Waals surface area contributed by atoms with Crippen molar-refractivity contribution in [1.82, 2.24) is 4.57 Å². The van der Waals surface area contributed by atoms with E-state index in [9.17, 15) is 9.59 Å². The van der Waals surface area contributed by atoms with Crippen LogP contribution in [0.15, 0.2) is 24.3 Å². The van der Waals surface area contributed by atoms with E-state index in [1.54, 1.807) is 17.7 Å². The number of rotatable bonds is 4. The van der Waals surface area contributed by atoms with E-state index in [0.717, 1.165) is 11.8 Å². The van der Waals surface area contributed by atoms with Crippen molar-refractivity contribution in [2.75, 3.05) is 14.2 Å². The first-order valence-corrected chi connectivity index (χ1v) is 5.71. The fourth-order valence-corrected chi connectivity index (χ4v) is 1.66. The Morgan fingerprint density at radius 1 is 1.21 bits per heavy atom. The molecule has 0 radical (unpaired) electrons. The van der Waals surface area contributed by atoms with Crippen molar-refractivity contribution in [2.24, 2.45) is 7.05 Å². The zero-order valence-corrected chi connectivity index (χ0v) is 11.5. The second-order valence-electron chi connectivity index (χ2n) is 3.78. The van der Waals surface area contributed by atoms with Crippen LogP contribution in [0, 0.1) is 0 Å². The van der Waals surface area contributed by atoms with Gasteiger partial charge in [-0.3, -0.25) is 0 Å². The van der Waals surface area contributed by atoms with E-state index < -0.39 is 11.9 Å². The van der Waals surface area contributed by atoms with Gasteiger partial charge in [-0.1, -0.05) is 6.08 Å². The predicted molar refractivity (Wildman–Crippen MR) is 72.1 cm³/mol. The molecule has 0 bridgehead atoms. The standard InChI is InChI=1S/C14H17NO4/c1-5-6-10-7-8-12(15(10)2)11(14(17)19-4)9-13(16)18-3/h5-9H,1-4H3/b6-5+,11-9+. The van der Waals surface area contributed by atoms with Gasteiger partial charge in [0.15, 0.2) is 0 Å². The lowest BCUT2D eigenvalue weighted by Gasteiger charge is -2.08. The summed E-state index contributed by atoms with van der Waals surface area (Å²) in [6.07, 6.45) is 4.91. The number of carbonyl (C=O) groups is 2. The number of aromatic nitrogens is 1. The van der Waals surface area contributed by atoms with Gasteiger partial charge in [0.25, 0.3) is 0 Å². The molecular weight excluding hydrogens is 246 g/mol.